The Morgan fingerprint density at radius 1 is 1.03 bits per heavy atom. The quantitative estimate of drug-likeness (QED) is 0.487. The Labute approximate surface area is 170 Å². The summed E-state index contributed by atoms with van der Waals surface area (Å²) in [5.41, 5.74) is 4.54. The molecule has 4 rings (SSSR count). The maximum Gasteiger partial charge on any atom is 0.139 e. The lowest BCUT2D eigenvalue weighted by Gasteiger charge is -2.24. The number of carbonyl (C=O) groups excluding carboxylic acids is 1. The van der Waals surface area contributed by atoms with Crippen LogP contribution in [0.3, 0.4) is 0 Å². The van der Waals surface area contributed by atoms with Crippen LogP contribution in [0.1, 0.15) is 37.2 Å². The summed E-state index contributed by atoms with van der Waals surface area (Å²) in [5, 5.41) is 5.46. The molecule has 0 aliphatic heterocycles. The van der Waals surface area contributed by atoms with Crippen LogP contribution in [0.15, 0.2) is 67.1 Å². The lowest BCUT2D eigenvalue weighted by atomic mass is 9.79. The smallest absolute Gasteiger partial charge is 0.139 e. The topological polar surface area (TPSA) is 60.7 Å². The van der Waals surface area contributed by atoms with E-state index in [2.05, 4.69) is 41.0 Å². The molecule has 29 heavy (non-hydrogen) atoms. The molecule has 0 atom stereocenters. The van der Waals surface area contributed by atoms with E-state index in [0.717, 1.165) is 28.0 Å². The second kappa shape index (κ2) is 7.59. The third-order valence-corrected chi connectivity index (χ3v) is 5.21. The van der Waals surface area contributed by atoms with Gasteiger partial charge in [-0.1, -0.05) is 44.2 Å². The fraction of sp³-hybridized carbons (Fsp3) is 0.250. The van der Waals surface area contributed by atoms with Crippen LogP contribution in [0.25, 0.3) is 16.6 Å². The molecule has 0 aliphatic carbocycles. The molecule has 3 heterocycles. The molecule has 5 heteroatoms. The first-order chi connectivity index (χ1) is 13.9. The average Bonchev–Trinajstić information content (AvgIpc) is 3.11. The second-order valence-corrected chi connectivity index (χ2v) is 8.09. The molecule has 0 unspecified atom stereocenters. The van der Waals surface area contributed by atoms with Crippen LogP contribution in [0.5, 0.6) is 0 Å². The largest absolute Gasteiger partial charge is 0.299 e. The van der Waals surface area contributed by atoms with E-state index in [4.69, 9.17) is 0 Å². The van der Waals surface area contributed by atoms with Gasteiger partial charge in [0.25, 0.3) is 0 Å². The van der Waals surface area contributed by atoms with Crippen molar-refractivity contribution < 1.29 is 4.79 Å². The molecule has 0 radical (unpaired) electrons. The number of aryl methyl sites for hydroxylation is 1. The van der Waals surface area contributed by atoms with Gasteiger partial charge in [-0.05, 0) is 36.1 Å². The van der Waals surface area contributed by atoms with E-state index in [1.165, 1.54) is 5.56 Å². The SMILES string of the molecule is Cc1cc(-n2ncc3cc(CC(=O)CC(C)(C)c4ccccc4)ncc32)ccn1. The van der Waals surface area contributed by atoms with Crippen molar-refractivity contribution in [3.8, 4) is 5.69 Å². The normalized spacial score (nSPS) is 11.7. The highest BCUT2D eigenvalue weighted by molar-refractivity contribution is 5.84. The van der Waals surface area contributed by atoms with Crippen molar-refractivity contribution in [1.82, 2.24) is 19.7 Å². The first-order valence-electron chi connectivity index (χ1n) is 9.75. The van der Waals surface area contributed by atoms with Gasteiger partial charge in [-0.2, -0.15) is 5.10 Å². The zero-order valence-electron chi connectivity index (χ0n) is 17.0. The van der Waals surface area contributed by atoms with Crippen LogP contribution in [0.2, 0.25) is 0 Å². The standard InChI is InChI=1S/C24H24N4O/c1-17-11-21(9-10-25-17)28-23-16-26-20(12-18(23)15-27-28)13-22(29)14-24(2,3)19-7-5-4-6-8-19/h4-12,15-16H,13-14H2,1-3H3. The van der Waals surface area contributed by atoms with Crippen LogP contribution in [-0.2, 0) is 16.6 Å². The summed E-state index contributed by atoms with van der Waals surface area (Å²) >= 11 is 0. The first kappa shape index (κ1) is 19.0. The highest BCUT2D eigenvalue weighted by Crippen LogP contribution is 2.27. The van der Waals surface area contributed by atoms with Gasteiger partial charge in [-0.25, -0.2) is 4.68 Å². The van der Waals surface area contributed by atoms with Crippen molar-refractivity contribution in [2.75, 3.05) is 0 Å². The first-order valence-corrected chi connectivity index (χ1v) is 9.75. The van der Waals surface area contributed by atoms with Crippen LogP contribution in [-0.4, -0.2) is 25.5 Å². The monoisotopic (exact) mass is 384 g/mol. The molecule has 0 saturated carbocycles. The number of fused-ring (bicyclic) bond motifs is 1. The van der Waals surface area contributed by atoms with Crippen LogP contribution >= 0.6 is 0 Å². The van der Waals surface area contributed by atoms with Crippen molar-refractivity contribution in [1.29, 1.82) is 0 Å². The van der Waals surface area contributed by atoms with Gasteiger partial charge >= 0.3 is 0 Å². The van der Waals surface area contributed by atoms with Crippen molar-refractivity contribution in [2.24, 2.45) is 0 Å². The summed E-state index contributed by atoms with van der Waals surface area (Å²) in [6, 6.07) is 16.0. The van der Waals surface area contributed by atoms with E-state index in [9.17, 15) is 4.79 Å². The molecule has 0 amide bonds. The number of aromatic nitrogens is 4. The fourth-order valence-corrected chi connectivity index (χ4v) is 3.69. The van der Waals surface area contributed by atoms with Gasteiger partial charge in [0.1, 0.15) is 5.78 Å². The molecular weight excluding hydrogens is 360 g/mol. The highest BCUT2D eigenvalue weighted by Gasteiger charge is 2.24. The number of hydrogen-bond acceptors (Lipinski definition) is 4. The number of Topliss-reactive ketones (excluding diaryl/α,β-unsaturated/α-hetero) is 1. The van der Waals surface area contributed by atoms with E-state index >= 15 is 0 Å². The lowest BCUT2D eigenvalue weighted by Crippen LogP contribution is -2.23. The van der Waals surface area contributed by atoms with Crippen LogP contribution in [0.4, 0.5) is 0 Å². The van der Waals surface area contributed by atoms with Gasteiger partial charge in [0, 0.05) is 35.8 Å². The molecule has 3 aromatic heterocycles. The van der Waals surface area contributed by atoms with E-state index in [1.807, 2.05) is 54.2 Å². The number of hydrogen-bond donors (Lipinski definition) is 0. The number of rotatable bonds is 6. The molecule has 0 aliphatic rings. The van der Waals surface area contributed by atoms with E-state index in [-0.39, 0.29) is 11.2 Å². The minimum absolute atomic E-state index is 0.183. The summed E-state index contributed by atoms with van der Waals surface area (Å²) < 4.78 is 1.85. The summed E-state index contributed by atoms with van der Waals surface area (Å²) in [5.74, 6) is 0.183. The Balaban J connectivity index is 1.52. The number of pyridine rings is 2. The van der Waals surface area contributed by atoms with E-state index < -0.39 is 0 Å². The van der Waals surface area contributed by atoms with Crippen molar-refractivity contribution in [3.63, 3.8) is 0 Å². The maximum atomic E-state index is 12.7. The molecule has 146 valence electrons. The maximum absolute atomic E-state index is 12.7. The Kier molecular flexibility index (Phi) is 4.97. The van der Waals surface area contributed by atoms with Crippen LogP contribution in [0, 0.1) is 6.92 Å². The Hall–Kier alpha value is -3.34. The molecule has 1 aromatic carbocycles. The summed E-state index contributed by atoms with van der Waals surface area (Å²) in [7, 11) is 0. The Morgan fingerprint density at radius 2 is 1.83 bits per heavy atom. The Morgan fingerprint density at radius 3 is 2.59 bits per heavy atom. The Bertz CT molecular complexity index is 1160. The van der Waals surface area contributed by atoms with Crippen LogP contribution < -0.4 is 0 Å². The summed E-state index contributed by atoms with van der Waals surface area (Å²) in [6.07, 6.45) is 6.18. The number of nitrogens with zero attached hydrogens (tertiary/aromatic N) is 4. The predicted molar refractivity (Wildman–Crippen MR) is 114 cm³/mol. The van der Waals surface area contributed by atoms with Gasteiger partial charge in [0.15, 0.2) is 0 Å². The van der Waals surface area contributed by atoms with Crippen molar-refractivity contribution >= 4 is 16.7 Å². The molecule has 0 fully saturated rings. The van der Waals surface area contributed by atoms with E-state index in [1.54, 1.807) is 12.4 Å². The summed E-state index contributed by atoms with van der Waals surface area (Å²) in [6.45, 7) is 6.17. The van der Waals surface area contributed by atoms with Gasteiger partial charge in [0.05, 0.1) is 23.6 Å². The lowest BCUT2D eigenvalue weighted by molar-refractivity contribution is -0.119. The second-order valence-electron chi connectivity index (χ2n) is 8.09. The third-order valence-electron chi connectivity index (χ3n) is 5.21. The van der Waals surface area contributed by atoms with Crippen molar-refractivity contribution in [3.05, 3.63) is 84.1 Å². The number of benzene rings is 1. The zero-order valence-corrected chi connectivity index (χ0v) is 17.0. The van der Waals surface area contributed by atoms with Crippen molar-refractivity contribution in [2.45, 2.75) is 39.0 Å². The molecular formula is C24H24N4O. The van der Waals surface area contributed by atoms with Gasteiger partial charge < -0.3 is 0 Å². The van der Waals surface area contributed by atoms with Gasteiger partial charge in [-0.15, -0.1) is 0 Å². The predicted octanol–water partition coefficient (Wildman–Crippen LogP) is 4.60. The molecule has 5 nitrogen and oxygen atoms in total. The summed E-state index contributed by atoms with van der Waals surface area (Å²) in [4.78, 5) is 21.5. The minimum atomic E-state index is -0.202. The molecule has 0 saturated heterocycles. The minimum Gasteiger partial charge on any atom is -0.299 e. The molecule has 0 N–H and O–H groups in total. The average molecular weight is 384 g/mol. The molecule has 0 spiro atoms. The third kappa shape index (κ3) is 4.09. The number of ketones is 1. The molecule has 4 aromatic rings. The number of carbonyl (C=O) groups is 1. The zero-order chi connectivity index (χ0) is 20.4. The van der Waals surface area contributed by atoms with Gasteiger partial charge in [-0.3, -0.25) is 14.8 Å². The van der Waals surface area contributed by atoms with E-state index in [0.29, 0.717) is 12.8 Å². The van der Waals surface area contributed by atoms with Gasteiger partial charge in [0.2, 0.25) is 0 Å². The fourth-order valence-electron chi connectivity index (χ4n) is 3.69. The highest BCUT2D eigenvalue weighted by atomic mass is 16.1. The molecule has 0 bridgehead atoms.